The lowest BCUT2D eigenvalue weighted by Crippen LogP contribution is -2.53. The molecule has 1 rings (SSSR count). The van der Waals surface area contributed by atoms with Gasteiger partial charge in [-0.2, -0.15) is 0 Å². The summed E-state index contributed by atoms with van der Waals surface area (Å²) in [5, 5.41) is 0. The molecule has 0 bridgehead atoms. The highest BCUT2D eigenvalue weighted by Gasteiger charge is 2.44. The Bertz CT molecular complexity index is 363. The zero-order valence-corrected chi connectivity index (χ0v) is 14.8. The average molecular weight is 314 g/mol. The standard InChI is InChI=1S/C16H31N3OS/c1-13(2)12-19(11-10-18(3)4)15(20)16(14(17)21)8-6-5-7-9-16/h13H,5-12H2,1-4H3,(H2,17,21). The van der Waals surface area contributed by atoms with Gasteiger partial charge in [0.25, 0.3) is 0 Å². The van der Waals surface area contributed by atoms with E-state index in [4.69, 9.17) is 18.0 Å². The van der Waals surface area contributed by atoms with Gasteiger partial charge in [-0.1, -0.05) is 45.3 Å². The normalized spacial score (nSPS) is 18.0. The van der Waals surface area contributed by atoms with E-state index in [1.807, 2.05) is 19.0 Å². The molecule has 0 aromatic heterocycles. The Morgan fingerprint density at radius 3 is 2.19 bits per heavy atom. The van der Waals surface area contributed by atoms with Crippen LogP contribution < -0.4 is 5.73 Å². The van der Waals surface area contributed by atoms with Gasteiger partial charge < -0.3 is 15.5 Å². The van der Waals surface area contributed by atoms with Gasteiger partial charge in [-0.25, -0.2) is 0 Å². The summed E-state index contributed by atoms with van der Waals surface area (Å²) in [4.78, 5) is 17.6. The SMILES string of the molecule is CC(C)CN(CCN(C)C)C(=O)C1(C(N)=S)CCCCC1. The summed E-state index contributed by atoms with van der Waals surface area (Å²) in [7, 11) is 4.06. The van der Waals surface area contributed by atoms with Gasteiger partial charge in [-0.05, 0) is 32.9 Å². The molecule has 0 aliphatic heterocycles. The molecule has 2 N–H and O–H groups in total. The summed E-state index contributed by atoms with van der Waals surface area (Å²) in [6.07, 6.45) is 4.91. The van der Waals surface area contributed by atoms with Crippen molar-refractivity contribution in [1.29, 1.82) is 0 Å². The van der Waals surface area contributed by atoms with Crippen LogP contribution in [0, 0.1) is 11.3 Å². The summed E-state index contributed by atoms with van der Waals surface area (Å²) in [6, 6.07) is 0. The molecule has 0 aromatic carbocycles. The maximum Gasteiger partial charge on any atom is 0.235 e. The highest BCUT2D eigenvalue weighted by Crippen LogP contribution is 2.38. The number of amides is 1. The molecule has 1 fully saturated rings. The van der Waals surface area contributed by atoms with E-state index in [9.17, 15) is 4.79 Å². The van der Waals surface area contributed by atoms with Crippen molar-refractivity contribution in [2.24, 2.45) is 17.1 Å². The van der Waals surface area contributed by atoms with Crippen molar-refractivity contribution in [3.63, 3.8) is 0 Å². The fourth-order valence-corrected chi connectivity index (χ4v) is 3.35. The second kappa shape index (κ2) is 8.08. The molecule has 1 aliphatic carbocycles. The Morgan fingerprint density at radius 2 is 1.76 bits per heavy atom. The number of nitrogens with zero attached hydrogens (tertiary/aromatic N) is 2. The third kappa shape index (κ3) is 4.92. The van der Waals surface area contributed by atoms with Crippen LogP contribution in [0.3, 0.4) is 0 Å². The Balaban J connectivity index is 2.91. The van der Waals surface area contributed by atoms with E-state index in [1.54, 1.807) is 0 Å². The van der Waals surface area contributed by atoms with E-state index in [2.05, 4.69) is 18.7 Å². The predicted molar refractivity (Wildman–Crippen MR) is 92.3 cm³/mol. The van der Waals surface area contributed by atoms with Crippen LogP contribution in [0.2, 0.25) is 0 Å². The van der Waals surface area contributed by atoms with Crippen molar-refractivity contribution in [1.82, 2.24) is 9.80 Å². The Morgan fingerprint density at radius 1 is 1.19 bits per heavy atom. The van der Waals surface area contributed by atoms with Crippen LogP contribution in [0.5, 0.6) is 0 Å². The number of thiocarbonyl (C=S) groups is 1. The molecule has 1 amide bonds. The van der Waals surface area contributed by atoms with E-state index >= 15 is 0 Å². The van der Waals surface area contributed by atoms with E-state index in [1.165, 1.54) is 6.42 Å². The number of rotatable bonds is 7. The van der Waals surface area contributed by atoms with Crippen molar-refractivity contribution < 1.29 is 4.79 Å². The molecule has 4 nitrogen and oxygen atoms in total. The van der Waals surface area contributed by atoms with Crippen LogP contribution in [0.25, 0.3) is 0 Å². The summed E-state index contributed by atoms with van der Waals surface area (Å²) >= 11 is 5.29. The fraction of sp³-hybridized carbons (Fsp3) is 0.875. The van der Waals surface area contributed by atoms with Crippen molar-refractivity contribution in [2.45, 2.75) is 46.0 Å². The maximum absolute atomic E-state index is 13.1. The number of hydrogen-bond acceptors (Lipinski definition) is 3. The molecule has 122 valence electrons. The van der Waals surface area contributed by atoms with E-state index in [0.717, 1.165) is 45.3 Å². The second-order valence-electron chi connectivity index (χ2n) is 6.96. The molecule has 5 heteroatoms. The van der Waals surface area contributed by atoms with E-state index < -0.39 is 5.41 Å². The Hall–Kier alpha value is -0.680. The van der Waals surface area contributed by atoms with Gasteiger partial charge in [0.1, 0.15) is 0 Å². The van der Waals surface area contributed by atoms with Crippen LogP contribution in [0.4, 0.5) is 0 Å². The number of hydrogen-bond donors (Lipinski definition) is 1. The number of carbonyl (C=O) groups excluding carboxylic acids is 1. The smallest absolute Gasteiger partial charge is 0.235 e. The van der Waals surface area contributed by atoms with E-state index in [0.29, 0.717) is 10.9 Å². The summed E-state index contributed by atoms with van der Waals surface area (Å²) in [5.74, 6) is 0.605. The van der Waals surface area contributed by atoms with Gasteiger partial charge in [0.15, 0.2) is 0 Å². The molecule has 0 aromatic rings. The van der Waals surface area contributed by atoms with Gasteiger partial charge in [-0.3, -0.25) is 4.79 Å². The molecule has 21 heavy (non-hydrogen) atoms. The second-order valence-corrected chi connectivity index (χ2v) is 7.40. The van der Waals surface area contributed by atoms with Crippen molar-refractivity contribution in [3.05, 3.63) is 0 Å². The van der Waals surface area contributed by atoms with Crippen LogP contribution in [0.15, 0.2) is 0 Å². The van der Waals surface area contributed by atoms with Crippen molar-refractivity contribution >= 4 is 23.1 Å². The Kier molecular flexibility index (Phi) is 7.07. The summed E-state index contributed by atoms with van der Waals surface area (Å²) in [5.41, 5.74) is 5.41. The third-order valence-corrected chi connectivity index (χ3v) is 4.67. The topological polar surface area (TPSA) is 49.6 Å². The highest BCUT2D eigenvalue weighted by molar-refractivity contribution is 7.80. The summed E-state index contributed by atoms with van der Waals surface area (Å²) < 4.78 is 0. The van der Waals surface area contributed by atoms with Crippen molar-refractivity contribution in [2.75, 3.05) is 33.7 Å². The van der Waals surface area contributed by atoms with Gasteiger partial charge in [-0.15, -0.1) is 0 Å². The van der Waals surface area contributed by atoms with Gasteiger partial charge in [0.05, 0.1) is 10.4 Å². The van der Waals surface area contributed by atoms with Crippen LogP contribution >= 0.6 is 12.2 Å². The molecule has 0 unspecified atom stereocenters. The lowest BCUT2D eigenvalue weighted by atomic mass is 9.72. The lowest BCUT2D eigenvalue weighted by molar-refractivity contribution is -0.140. The molecule has 0 spiro atoms. The third-order valence-electron chi connectivity index (χ3n) is 4.28. The lowest BCUT2D eigenvalue weighted by Gasteiger charge is -2.40. The first-order chi connectivity index (χ1) is 9.79. The molecule has 0 heterocycles. The minimum atomic E-state index is -0.589. The Labute approximate surface area is 135 Å². The zero-order valence-electron chi connectivity index (χ0n) is 14.0. The molecular formula is C16H31N3OS. The molecule has 0 saturated heterocycles. The van der Waals surface area contributed by atoms with Crippen molar-refractivity contribution in [3.8, 4) is 0 Å². The highest BCUT2D eigenvalue weighted by atomic mass is 32.1. The molecule has 1 aliphatic rings. The average Bonchev–Trinajstić information content (AvgIpc) is 2.42. The van der Waals surface area contributed by atoms with Crippen LogP contribution in [-0.2, 0) is 4.79 Å². The quantitative estimate of drug-likeness (QED) is 0.733. The van der Waals surface area contributed by atoms with E-state index in [-0.39, 0.29) is 5.91 Å². The minimum Gasteiger partial charge on any atom is -0.392 e. The number of carbonyl (C=O) groups is 1. The summed E-state index contributed by atoms with van der Waals surface area (Å²) in [6.45, 7) is 6.67. The predicted octanol–water partition coefficient (Wildman–Crippen LogP) is 2.27. The first-order valence-electron chi connectivity index (χ1n) is 8.03. The molecule has 0 radical (unpaired) electrons. The van der Waals surface area contributed by atoms with Gasteiger partial charge in [0, 0.05) is 19.6 Å². The first-order valence-corrected chi connectivity index (χ1v) is 8.44. The van der Waals surface area contributed by atoms with Crippen LogP contribution in [-0.4, -0.2) is 54.4 Å². The first kappa shape index (κ1) is 18.4. The minimum absolute atomic E-state index is 0.158. The fourth-order valence-electron chi connectivity index (χ4n) is 3.06. The molecule has 0 atom stereocenters. The largest absolute Gasteiger partial charge is 0.392 e. The number of nitrogens with two attached hydrogens (primary N) is 1. The molecular weight excluding hydrogens is 282 g/mol. The monoisotopic (exact) mass is 313 g/mol. The van der Waals surface area contributed by atoms with Gasteiger partial charge >= 0.3 is 0 Å². The zero-order chi connectivity index (χ0) is 16.0. The van der Waals surface area contributed by atoms with Crippen LogP contribution in [0.1, 0.15) is 46.0 Å². The maximum atomic E-state index is 13.1. The van der Waals surface area contributed by atoms with Gasteiger partial charge in [0.2, 0.25) is 5.91 Å². The number of likely N-dealkylation sites (N-methyl/N-ethyl adjacent to an activating group) is 1. The molecule has 1 saturated carbocycles.